The second kappa shape index (κ2) is 42.3. The minimum Gasteiger partial charge on any atom is -0.481 e. The summed E-state index contributed by atoms with van der Waals surface area (Å²) in [6, 6.07) is -17.4. The standard InChI is InChI=1S/C63H108N16O19/c1-31(2)29-41(56(90)76-49(33(5)6)60(94)71-38(18-12-14-26-65)54(88)70-39(21-23-45(67)80)55(89)74-42(63(97)98)30-47(83)84)73-57(91)43-19-16-28-79(43)62(96)50(34(7)8)77-58(92)44-20-15-27-78(44)61(95)40(22-24-46(81)82)72-52(86)36(10)68-51(85)35(9)69-59(93)48(32(3)4)75-53(87)37(66)17-11-13-25-64/h31-44,48-50H,11-30,64-66H2,1-10H3,(H2,67,80)(H,68,85)(H,69,93)(H,70,88)(H,71,94)(H,72,86)(H,73,91)(H,74,89)(H,75,87)(H,76,90)(H,77,92)(H,81,82)(H,83,84)(H,97,98)/t35-,36-,37-,38-,39-,40-,41-,42-,43-,44-,48-,49-,50-/m0/s1. The van der Waals surface area contributed by atoms with Crippen LogP contribution in [0.4, 0.5) is 0 Å². The molecule has 0 aromatic carbocycles. The summed E-state index contributed by atoms with van der Waals surface area (Å²) in [5.41, 5.74) is 22.6. The van der Waals surface area contributed by atoms with Crippen molar-refractivity contribution in [3.8, 4) is 0 Å². The summed E-state index contributed by atoms with van der Waals surface area (Å²) in [5.74, 6) is -17.2. The Bertz CT molecular complexity index is 2810. The quantitative estimate of drug-likeness (QED) is 0.0260. The molecule has 0 unspecified atom stereocenters. The molecule has 2 aliphatic rings. The summed E-state index contributed by atoms with van der Waals surface area (Å²) in [4.78, 5) is 216. The van der Waals surface area contributed by atoms with Crippen molar-refractivity contribution >= 4 is 94.7 Å². The van der Waals surface area contributed by atoms with E-state index in [1.807, 2.05) is 5.32 Å². The molecule has 2 heterocycles. The van der Waals surface area contributed by atoms with Gasteiger partial charge in [0.05, 0.1) is 12.5 Å². The number of nitrogens with two attached hydrogens (primary N) is 4. The lowest BCUT2D eigenvalue weighted by Gasteiger charge is -2.33. The van der Waals surface area contributed by atoms with E-state index in [9.17, 15) is 92.0 Å². The van der Waals surface area contributed by atoms with Crippen molar-refractivity contribution in [2.24, 2.45) is 46.6 Å². The number of nitrogens with zero attached hydrogens (tertiary/aromatic N) is 2. The number of amides is 13. The van der Waals surface area contributed by atoms with Gasteiger partial charge in [0, 0.05) is 25.9 Å². The highest BCUT2D eigenvalue weighted by atomic mass is 16.4. The molecule has 0 aromatic heterocycles. The van der Waals surface area contributed by atoms with Crippen LogP contribution in [0.1, 0.15) is 172 Å². The number of rotatable bonds is 44. The summed E-state index contributed by atoms with van der Waals surface area (Å²) in [5, 5.41) is 53.7. The SMILES string of the molecule is CC(C)C[C@H](NC(=O)[C@@H]1CCCN1C(=O)[C@@H](NC(=O)[C@@H]1CCCN1C(=O)[C@H](CCC(=O)O)NC(=O)[C@H](C)NC(=O)[C@H](C)NC(=O)[C@@H](NC(=O)[C@@H](N)CCCCN)C(C)C)C(C)C)C(=O)N[C@H](C(=O)N[C@@H](CCCCN)C(=O)N[C@@H](CCC(N)=O)C(=O)N[C@@H](CC(=O)O)C(=O)O)C(C)C. The van der Waals surface area contributed by atoms with Crippen molar-refractivity contribution in [3.63, 3.8) is 0 Å². The Morgan fingerprint density at radius 1 is 0.418 bits per heavy atom. The molecule has 2 rings (SSSR count). The molecule has 35 heteroatoms. The number of carboxylic acid groups (broad SMARTS) is 3. The van der Waals surface area contributed by atoms with Gasteiger partial charge in [0.2, 0.25) is 76.8 Å². The number of carboxylic acids is 3. The lowest BCUT2D eigenvalue weighted by Crippen LogP contribution is -2.61. The third-order valence-corrected chi connectivity index (χ3v) is 16.7. The second-order valence-electron chi connectivity index (χ2n) is 26.5. The van der Waals surface area contributed by atoms with Gasteiger partial charge in [-0.25, -0.2) is 4.79 Å². The largest absolute Gasteiger partial charge is 0.481 e. The summed E-state index contributed by atoms with van der Waals surface area (Å²) in [6.07, 6.45) is 0.104. The summed E-state index contributed by atoms with van der Waals surface area (Å²) < 4.78 is 0. The van der Waals surface area contributed by atoms with Gasteiger partial charge in [-0.3, -0.25) is 71.9 Å². The highest BCUT2D eigenvalue weighted by Crippen LogP contribution is 2.24. The maximum Gasteiger partial charge on any atom is 0.326 e. The number of hydrogen-bond acceptors (Lipinski definition) is 19. The fourth-order valence-electron chi connectivity index (χ4n) is 11.0. The van der Waals surface area contributed by atoms with Gasteiger partial charge in [0.15, 0.2) is 0 Å². The number of hydrogen-bond donors (Lipinski definition) is 17. The number of unbranched alkanes of at least 4 members (excludes halogenated alkanes) is 2. The summed E-state index contributed by atoms with van der Waals surface area (Å²) in [7, 11) is 0. The van der Waals surface area contributed by atoms with Crippen LogP contribution in [0.3, 0.4) is 0 Å². The number of nitrogens with one attached hydrogen (secondary N) is 10. The van der Waals surface area contributed by atoms with Gasteiger partial charge in [-0.05, 0) is 128 Å². The van der Waals surface area contributed by atoms with Gasteiger partial charge < -0.3 is 101 Å². The van der Waals surface area contributed by atoms with Crippen LogP contribution in [0.2, 0.25) is 0 Å². The first-order valence-corrected chi connectivity index (χ1v) is 33.6. The van der Waals surface area contributed by atoms with E-state index in [-0.39, 0.29) is 57.7 Å². The van der Waals surface area contributed by atoms with Crippen LogP contribution in [0.5, 0.6) is 0 Å². The molecule has 0 aliphatic carbocycles. The number of carbonyl (C=O) groups is 16. The highest BCUT2D eigenvalue weighted by molar-refractivity contribution is 6.00. The fraction of sp³-hybridized carbons (Fsp3) is 0.746. The minimum absolute atomic E-state index is 0.00528. The minimum atomic E-state index is -1.92. The first-order chi connectivity index (χ1) is 45.9. The van der Waals surface area contributed by atoms with Gasteiger partial charge >= 0.3 is 17.9 Å². The molecule has 13 atom stereocenters. The Balaban J connectivity index is 2.31. The number of carbonyl (C=O) groups excluding carboxylic acids is 13. The van der Waals surface area contributed by atoms with Crippen LogP contribution in [0.15, 0.2) is 0 Å². The molecule has 0 saturated carbocycles. The average Bonchev–Trinajstić information content (AvgIpc) is 1.62. The van der Waals surface area contributed by atoms with Crippen LogP contribution in [-0.2, 0) is 76.7 Å². The Labute approximate surface area is 571 Å². The second-order valence-corrected chi connectivity index (χ2v) is 26.5. The fourth-order valence-corrected chi connectivity index (χ4v) is 11.0. The van der Waals surface area contributed by atoms with Crippen molar-refractivity contribution in [2.45, 2.75) is 251 Å². The molecule has 554 valence electrons. The zero-order valence-corrected chi connectivity index (χ0v) is 58.0. The van der Waals surface area contributed by atoms with E-state index >= 15 is 0 Å². The van der Waals surface area contributed by atoms with Crippen LogP contribution >= 0.6 is 0 Å². The molecule has 0 aromatic rings. The molecular formula is C63H108N16O19. The van der Waals surface area contributed by atoms with Gasteiger partial charge in [0.1, 0.15) is 72.5 Å². The average molecular weight is 1390 g/mol. The van der Waals surface area contributed by atoms with Crippen molar-refractivity contribution in [1.82, 2.24) is 63.0 Å². The van der Waals surface area contributed by atoms with E-state index < -0.39 is 223 Å². The van der Waals surface area contributed by atoms with Crippen molar-refractivity contribution in [3.05, 3.63) is 0 Å². The highest BCUT2D eigenvalue weighted by Gasteiger charge is 2.44. The first-order valence-electron chi connectivity index (χ1n) is 33.6. The summed E-state index contributed by atoms with van der Waals surface area (Å²) >= 11 is 0. The van der Waals surface area contributed by atoms with E-state index in [1.165, 1.54) is 23.6 Å². The normalized spacial score (nSPS) is 17.8. The molecule has 13 amide bonds. The van der Waals surface area contributed by atoms with E-state index in [0.717, 1.165) is 0 Å². The Hall–Kier alpha value is -8.60. The molecular weight excluding hydrogens is 1280 g/mol. The van der Waals surface area contributed by atoms with Crippen LogP contribution < -0.4 is 76.1 Å². The van der Waals surface area contributed by atoms with Crippen molar-refractivity contribution in [1.29, 1.82) is 0 Å². The molecule has 2 saturated heterocycles. The van der Waals surface area contributed by atoms with Gasteiger partial charge in [0.25, 0.3) is 0 Å². The third-order valence-electron chi connectivity index (χ3n) is 16.7. The van der Waals surface area contributed by atoms with E-state index in [4.69, 9.17) is 22.9 Å². The van der Waals surface area contributed by atoms with E-state index in [2.05, 4.69) is 47.9 Å². The van der Waals surface area contributed by atoms with Gasteiger partial charge in [-0.2, -0.15) is 0 Å². The molecule has 2 fully saturated rings. The monoisotopic (exact) mass is 1390 g/mol. The molecule has 0 radical (unpaired) electrons. The molecule has 98 heavy (non-hydrogen) atoms. The van der Waals surface area contributed by atoms with Gasteiger partial charge in [-0.15, -0.1) is 0 Å². The predicted molar refractivity (Wildman–Crippen MR) is 353 cm³/mol. The lowest BCUT2D eigenvalue weighted by atomic mass is 9.98. The van der Waals surface area contributed by atoms with Crippen molar-refractivity contribution in [2.75, 3.05) is 26.2 Å². The Morgan fingerprint density at radius 2 is 0.837 bits per heavy atom. The zero-order chi connectivity index (χ0) is 74.4. The molecule has 2 aliphatic heterocycles. The number of primary amides is 1. The maximum absolute atomic E-state index is 14.6. The molecule has 0 bridgehead atoms. The topological polar surface area (TPSA) is 565 Å². The maximum atomic E-state index is 14.6. The Kier molecular flexibility index (Phi) is 36.9. The smallest absolute Gasteiger partial charge is 0.326 e. The van der Waals surface area contributed by atoms with Crippen LogP contribution in [-0.4, -0.2) is 225 Å². The molecule has 0 spiro atoms. The predicted octanol–water partition coefficient (Wildman–Crippen LogP) is -3.85. The summed E-state index contributed by atoms with van der Waals surface area (Å²) in [6.45, 7) is 16.7. The zero-order valence-electron chi connectivity index (χ0n) is 58.0. The van der Waals surface area contributed by atoms with Gasteiger partial charge in [-0.1, -0.05) is 61.8 Å². The Morgan fingerprint density at radius 3 is 1.32 bits per heavy atom. The first kappa shape index (κ1) is 85.5. The van der Waals surface area contributed by atoms with E-state index in [0.29, 0.717) is 45.1 Å². The lowest BCUT2D eigenvalue weighted by molar-refractivity contribution is -0.147. The number of aliphatic carboxylic acids is 3. The van der Waals surface area contributed by atoms with E-state index in [1.54, 1.807) is 55.4 Å². The third kappa shape index (κ3) is 28.5. The molecule has 35 nitrogen and oxygen atoms in total. The molecule has 21 N–H and O–H groups in total. The van der Waals surface area contributed by atoms with Crippen LogP contribution in [0, 0.1) is 23.7 Å². The number of likely N-dealkylation sites (tertiary alicyclic amines) is 2. The van der Waals surface area contributed by atoms with Crippen molar-refractivity contribution < 1.29 is 92.0 Å². The van der Waals surface area contributed by atoms with Crippen LogP contribution in [0.25, 0.3) is 0 Å².